The molecular formula is C56H53F4N9O. The fourth-order valence-corrected chi connectivity index (χ4v) is 8.60. The zero-order chi connectivity index (χ0) is 49.0. The number of nitriles is 1. The predicted octanol–water partition coefficient (Wildman–Crippen LogP) is 11.2. The molecule has 2 fully saturated rings. The highest BCUT2D eigenvalue weighted by Crippen LogP contribution is 2.33. The van der Waals surface area contributed by atoms with Crippen LogP contribution in [0.15, 0.2) is 152 Å². The maximum Gasteiger partial charge on any atom is 0.253 e. The third-order valence-corrected chi connectivity index (χ3v) is 12.1. The fourth-order valence-electron chi connectivity index (χ4n) is 8.60. The van der Waals surface area contributed by atoms with Gasteiger partial charge < -0.3 is 19.8 Å². The number of hydrogen-bond acceptors (Lipinski definition) is 7. The van der Waals surface area contributed by atoms with Crippen molar-refractivity contribution in [3.05, 3.63) is 198 Å². The minimum Gasteiger partial charge on any atom is -0.369 e. The lowest BCUT2D eigenvalue weighted by molar-refractivity contribution is 0.0625. The predicted molar refractivity (Wildman–Crippen MR) is 266 cm³/mol. The Labute approximate surface area is 405 Å². The van der Waals surface area contributed by atoms with E-state index in [1.165, 1.54) is 48.5 Å². The second-order valence-electron chi connectivity index (χ2n) is 16.7. The largest absolute Gasteiger partial charge is 0.369 e. The van der Waals surface area contributed by atoms with Crippen LogP contribution in [0.4, 0.5) is 23.2 Å². The Hall–Kier alpha value is -7.86. The molecule has 1 amide bonds. The molecule has 2 saturated heterocycles. The number of hydrogen-bond donors (Lipinski definition) is 2. The summed E-state index contributed by atoms with van der Waals surface area (Å²) in [5, 5.41) is 8.99. The van der Waals surface area contributed by atoms with Crippen molar-refractivity contribution in [1.82, 2.24) is 34.6 Å². The highest BCUT2D eigenvalue weighted by atomic mass is 19.1. The number of amides is 1. The van der Waals surface area contributed by atoms with Crippen molar-refractivity contribution in [3.8, 4) is 51.1 Å². The summed E-state index contributed by atoms with van der Waals surface area (Å²) in [7, 11) is 0. The number of halogens is 4. The van der Waals surface area contributed by atoms with Gasteiger partial charge in [-0.15, -0.1) is 0 Å². The molecule has 70 heavy (non-hydrogen) atoms. The lowest BCUT2D eigenvalue weighted by atomic mass is 10.0. The summed E-state index contributed by atoms with van der Waals surface area (Å²) in [6.45, 7) is 11.3. The molecule has 0 saturated carbocycles. The number of aromatic amines is 2. The molecule has 6 aromatic carbocycles. The summed E-state index contributed by atoms with van der Waals surface area (Å²) in [6, 6.07) is 44.2. The molecular weight excluding hydrogens is 891 g/mol. The van der Waals surface area contributed by atoms with Crippen LogP contribution in [0.25, 0.3) is 45.0 Å². The summed E-state index contributed by atoms with van der Waals surface area (Å²) in [4.78, 5) is 37.6. The summed E-state index contributed by atoms with van der Waals surface area (Å²) in [6.07, 6.45) is 0. The van der Waals surface area contributed by atoms with E-state index in [4.69, 9.17) is 15.2 Å². The van der Waals surface area contributed by atoms with Gasteiger partial charge in [0.15, 0.2) is 0 Å². The standard InChI is InChI=1S/C27H23F2N5.C27H24F2N4O.C2H6/c28-22-5-1-3-20(15-22)26-27(21-4-2-6-23(29)16-21)32-25(31-26)18-33-11-13-34(14-12-33)24-9-7-19(17-30)8-10-24;28-22-10-4-8-20(16-22)25-26(21-9-5-11-23(29)17-21)31-24(30-25)18-32-12-14-33(15-13-32)27(34)19-6-2-1-3-7-19;1-2/h1-10,15-16H,11-14,18H2,(H,31,32);1-11,16-17H,12-15,18H2,(H,30,31);1-2H3. The zero-order valence-corrected chi connectivity index (χ0v) is 39.1. The first-order chi connectivity index (χ1) is 34.1. The Morgan fingerprint density at radius 1 is 0.529 bits per heavy atom. The Balaban J connectivity index is 0.000000182. The van der Waals surface area contributed by atoms with Gasteiger partial charge in [-0.1, -0.05) is 80.6 Å². The topological polar surface area (TPSA) is 111 Å². The van der Waals surface area contributed by atoms with Crippen LogP contribution < -0.4 is 4.90 Å². The number of nitrogens with zero attached hydrogens (tertiary/aromatic N) is 7. The van der Waals surface area contributed by atoms with E-state index < -0.39 is 0 Å². The van der Waals surface area contributed by atoms with Gasteiger partial charge in [0.1, 0.15) is 34.9 Å². The van der Waals surface area contributed by atoms with Crippen LogP contribution >= 0.6 is 0 Å². The maximum atomic E-state index is 13.9. The van der Waals surface area contributed by atoms with Crippen molar-refractivity contribution < 1.29 is 22.4 Å². The van der Waals surface area contributed by atoms with E-state index in [1.807, 2.05) is 85.5 Å². The van der Waals surface area contributed by atoms with Crippen LogP contribution in [0.3, 0.4) is 0 Å². The Morgan fingerprint density at radius 2 is 0.943 bits per heavy atom. The van der Waals surface area contributed by atoms with Gasteiger partial charge in [-0.2, -0.15) is 5.26 Å². The molecule has 4 heterocycles. The maximum absolute atomic E-state index is 13.9. The van der Waals surface area contributed by atoms with E-state index in [0.29, 0.717) is 101 Å². The average molecular weight is 944 g/mol. The SMILES string of the molecule is CC.N#Cc1ccc(N2CCN(Cc3nc(-c4cccc(F)c4)c(-c4cccc(F)c4)[nH]3)CC2)cc1.O=C(c1ccccc1)N1CCN(Cc2nc(-c3cccc(F)c3)c(-c3cccc(F)c3)[nH]2)CC1. The first-order valence-corrected chi connectivity index (χ1v) is 23.4. The molecule has 2 aliphatic heterocycles. The van der Waals surface area contributed by atoms with Crippen LogP contribution in [0.5, 0.6) is 0 Å². The highest BCUT2D eigenvalue weighted by Gasteiger charge is 2.25. The Bertz CT molecular complexity index is 2920. The van der Waals surface area contributed by atoms with Gasteiger partial charge in [-0.3, -0.25) is 14.6 Å². The van der Waals surface area contributed by atoms with Crippen molar-refractivity contribution in [2.24, 2.45) is 0 Å². The molecule has 8 aromatic rings. The van der Waals surface area contributed by atoms with E-state index in [9.17, 15) is 22.4 Å². The molecule has 0 bridgehead atoms. The van der Waals surface area contributed by atoms with E-state index in [0.717, 1.165) is 37.7 Å². The first kappa shape index (κ1) is 48.6. The van der Waals surface area contributed by atoms with Crippen LogP contribution in [0, 0.1) is 34.6 Å². The lowest BCUT2D eigenvalue weighted by Crippen LogP contribution is -2.48. The molecule has 2 N–H and O–H groups in total. The third-order valence-electron chi connectivity index (χ3n) is 12.1. The first-order valence-electron chi connectivity index (χ1n) is 23.4. The zero-order valence-electron chi connectivity index (χ0n) is 39.1. The number of anilines is 1. The van der Waals surface area contributed by atoms with E-state index in [2.05, 4.69) is 30.7 Å². The quantitative estimate of drug-likeness (QED) is 0.131. The van der Waals surface area contributed by atoms with Crippen LogP contribution in [-0.4, -0.2) is 92.9 Å². The van der Waals surface area contributed by atoms with Gasteiger partial charge >= 0.3 is 0 Å². The molecule has 356 valence electrons. The van der Waals surface area contributed by atoms with Crippen molar-refractivity contribution in [3.63, 3.8) is 0 Å². The van der Waals surface area contributed by atoms with Crippen LogP contribution in [0.2, 0.25) is 0 Å². The van der Waals surface area contributed by atoms with Gasteiger partial charge in [-0.25, -0.2) is 27.5 Å². The molecule has 0 radical (unpaired) electrons. The van der Waals surface area contributed by atoms with Gasteiger partial charge in [-0.05, 0) is 84.9 Å². The molecule has 0 unspecified atom stereocenters. The van der Waals surface area contributed by atoms with Gasteiger partial charge in [0.2, 0.25) is 0 Å². The van der Waals surface area contributed by atoms with Gasteiger partial charge in [0.25, 0.3) is 5.91 Å². The van der Waals surface area contributed by atoms with E-state index in [-0.39, 0.29) is 29.2 Å². The molecule has 14 heteroatoms. The fraction of sp³-hybridized carbons (Fsp3) is 0.214. The Kier molecular flexibility index (Phi) is 15.9. The number of imidazole rings is 2. The van der Waals surface area contributed by atoms with Gasteiger partial charge in [0.05, 0.1) is 47.5 Å². The lowest BCUT2D eigenvalue weighted by Gasteiger charge is -2.35. The molecule has 10 nitrogen and oxygen atoms in total. The normalized spacial score (nSPS) is 14.0. The molecule has 0 aliphatic carbocycles. The van der Waals surface area contributed by atoms with Crippen LogP contribution in [-0.2, 0) is 13.1 Å². The molecule has 0 spiro atoms. The number of aromatic nitrogens is 4. The van der Waals surface area contributed by atoms with Crippen molar-refractivity contribution >= 4 is 11.6 Å². The third kappa shape index (κ3) is 12.0. The van der Waals surface area contributed by atoms with Crippen LogP contribution in [0.1, 0.15) is 41.4 Å². The second-order valence-corrected chi connectivity index (χ2v) is 16.7. The highest BCUT2D eigenvalue weighted by molar-refractivity contribution is 5.94. The van der Waals surface area contributed by atoms with Crippen molar-refractivity contribution in [1.29, 1.82) is 5.26 Å². The number of carbonyl (C=O) groups is 1. The molecule has 10 rings (SSSR count). The number of piperazine rings is 2. The molecule has 2 aromatic heterocycles. The minimum absolute atomic E-state index is 0.0417. The summed E-state index contributed by atoms with van der Waals surface area (Å²) in [5.74, 6) is 0.125. The van der Waals surface area contributed by atoms with Gasteiger partial charge in [0, 0.05) is 85.9 Å². The van der Waals surface area contributed by atoms with Crippen molar-refractivity contribution in [2.45, 2.75) is 26.9 Å². The van der Waals surface area contributed by atoms with E-state index >= 15 is 0 Å². The minimum atomic E-state index is -0.355. The molecule has 2 aliphatic rings. The number of nitrogens with one attached hydrogen (secondary N) is 2. The molecule has 0 atom stereocenters. The van der Waals surface area contributed by atoms with Crippen molar-refractivity contribution in [2.75, 3.05) is 57.3 Å². The number of benzene rings is 6. The summed E-state index contributed by atoms with van der Waals surface area (Å²) < 4.78 is 55.7. The summed E-state index contributed by atoms with van der Waals surface area (Å²) >= 11 is 0. The summed E-state index contributed by atoms with van der Waals surface area (Å²) in [5.41, 5.74) is 7.57. The Morgan fingerprint density at radius 3 is 1.37 bits per heavy atom. The monoisotopic (exact) mass is 943 g/mol. The number of carbonyl (C=O) groups excluding carboxylic acids is 1. The number of H-pyrrole nitrogens is 2. The second kappa shape index (κ2) is 23.0. The smallest absolute Gasteiger partial charge is 0.253 e. The van der Waals surface area contributed by atoms with E-state index in [1.54, 1.807) is 36.4 Å². The number of rotatable bonds is 10. The average Bonchev–Trinajstić information content (AvgIpc) is 4.03.